The van der Waals surface area contributed by atoms with Gasteiger partial charge >= 0.3 is 0 Å². The molecule has 2 heteroatoms. The van der Waals surface area contributed by atoms with Crippen LogP contribution in [0.5, 0.6) is 0 Å². The molecule has 1 aromatic carbocycles. The molecule has 1 nitrogen and oxygen atoms in total. The molecule has 0 fully saturated rings. The molecular formula is C13H21NS. The Bertz CT molecular complexity index is 286. The molecule has 0 amide bonds. The fourth-order valence-corrected chi connectivity index (χ4v) is 2.47. The van der Waals surface area contributed by atoms with E-state index in [-0.39, 0.29) is 0 Å². The summed E-state index contributed by atoms with van der Waals surface area (Å²) in [5.41, 5.74) is 1.38. The van der Waals surface area contributed by atoms with Gasteiger partial charge in [0.2, 0.25) is 0 Å². The van der Waals surface area contributed by atoms with E-state index in [1.165, 1.54) is 16.9 Å². The number of rotatable bonds is 6. The molecule has 1 unspecified atom stereocenters. The summed E-state index contributed by atoms with van der Waals surface area (Å²) in [6.07, 6.45) is 1.21. The van der Waals surface area contributed by atoms with Gasteiger partial charge in [0.25, 0.3) is 0 Å². The summed E-state index contributed by atoms with van der Waals surface area (Å²) in [7, 11) is 0. The van der Waals surface area contributed by atoms with Crippen LogP contribution in [0.4, 0.5) is 0 Å². The number of hydrogen-bond donors (Lipinski definition) is 1. The Balaban J connectivity index is 2.37. The van der Waals surface area contributed by atoms with Crippen LogP contribution < -0.4 is 5.32 Å². The van der Waals surface area contributed by atoms with E-state index < -0.39 is 0 Å². The summed E-state index contributed by atoms with van der Waals surface area (Å²) in [4.78, 5) is 1.41. The number of hydrogen-bond acceptors (Lipinski definition) is 2. The van der Waals surface area contributed by atoms with Gasteiger partial charge in [-0.3, -0.25) is 0 Å². The van der Waals surface area contributed by atoms with Gasteiger partial charge in [0.1, 0.15) is 0 Å². The van der Waals surface area contributed by atoms with E-state index in [0.29, 0.717) is 5.25 Å². The summed E-state index contributed by atoms with van der Waals surface area (Å²) in [5.74, 6) is 0. The predicted octanol–water partition coefficient (Wildman–Crippen LogP) is 3.48. The van der Waals surface area contributed by atoms with Crippen LogP contribution in [0, 0.1) is 6.92 Å². The highest BCUT2D eigenvalue weighted by atomic mass is 32.2. The lowest BCUT2D eigenvalue weighted by molar-refractivity contribution is 0.669. The molecule has 0 aromatic heterocycles. The molecule has 1 atom stereocenters. The lowest BCUT2D eigenvalue weighted by Crippen LogP contribution is -2.23. The van der Waals surface area contributed by atoms with Crippen molar-refractivity contribution in [3.05, 3.63) is 29.8 Å². The van der Waals surface area contributed by atoms with Crippen molar-refractivity contribution in [2.75, 3.05) is 13.1 Å². The molecule has 0 aliphatic carbocycles. The lowest BCUT2D eigenvalue weighted by atomic mass is 10.2. The first-order chi connectivity index (χ1) is 7.24. The Kier molecular flexibility index (Phi) is 5.81. The highest BCUT2D eigenvalue weighted by molar-refractivity contribution is 8.00. The third kappa shape index (κ3) is 4.72. The fraction of sp³-hybridized carbons (Fsp3) is 0.538. The Morgan fingerprint density at radius 3 is 2.73 bits per heavy atom. The number of benzene rings is 1. The monoisotopic (exact) mass is 223 g/mol. The number of thioether (sulfide) groups is 1. The minimum absolute atomic E-state index is 0.637. The molecule has 0 heterocycles. The van der Waals surface area contributed by atoms with Crippen LogP contribution >= 0.6 is 11.8 Å². The maximum absolute atomic E-state index is 3.45. The number of aryl methyl sites for hydroxylation is 1. The molecule has 1 aromatic rings. The SMILES string of the molecule is CCCNCC(C)Sc1ccccc1C. The minimum atomic E-state index is 0.637. The van der Waals surface area contributed by atoms with E-state index in [4.69, 9.17) is 0 Å². The third-order valence-corrected chi connectivity index (χ3v) is 3.56. The van der Waals surface area contributed by atoms with Crippen LogP contribution in [-0.4, -0.2) is 18.3 Å². The zero-order valence-corrected chi connectivity index (χ0v) is 10.7. The van der Waals surface area contributed by atoms with Crippen molar-refractivity contribution < 1.29 is 0 Å². The standard InChI is InChI=1S/C13H21NS/c1-4-9-14-10-12(3)15-13-8-6-5-7-11(13)2/h5-8,12,14H,4,9-10H2,1-3H3. The Morgan fingerprint density at radius 1 is 1.33 bits per heavy atom. The molecule has 1 rings (SSSR count). The van der Waals surface area contributed by atoms with Gasteiger partial charge in [0.05, 0.1) is 0 Å². The molecule has 1 N–H and O–H groups in total. The summed E-state index contributed by atoms with van der Waals surface area (Å²) < 4.78 is 0. The van der Waals surface area contributed by atoms with Gasteiger partial charge in [-0.05, 0) is 31.5 Å². The van der Waals surface area contributed by atoms with Crippen LogP contribution in [0.2, 0.25) is 0 Å². The Labute approximate surface area is 97.7 Å². The van der Waals surface area contributed by atoms with E-state index in [0.717, 1.165) is 13.1 Å². The molecule has 0 radical (unpaired) electrons. The average molecular weight is 223 g/mol. The van der Waals surface area contributed by atoms with Crippen molar-refractivity contribution in [1.29, 1.82) is 0 Å². The summed E-state index contributed by atoms with van der Waals surface area (Å²) in [6.45, 7) is 8.87. The second-order valence-electron chi connectivity index (χ2n) is 3.90. The fourth-order valence-electron chi connectivity index (χ4n) is 1.43. The Morgan fingerprint density at radius 2 is 2.07 bits per heavy atom. The van der Waals surface area contributed by atoms with Crippen LogP contribution in [0.25, 0.3) is 0 Å². The zero-order chi connectivity index (χ0) is 11.1. The molecule has 0 aliphatic heterocycles. The predicted molar refractivity (Wildman–Crippen MR) is 69.7 cm³/mol. The van der Waals surface area contributed by atoms with E-state index in [1.54, 1.807) is 0 Å². The molecule has 0 bridgehead atoms. The van der Waals surface area contributed by atoms with Gasteiger partial charge < -0.3 is 5.32 Å². The van der Waals surface area contributed by atoms with Crippen molar-refractivity contribution in [1.82, 2.24) is 5.32 Å². The summed E-state index contributed by atoms with van der Waals surface area (Å²) in [6, 6.07) is 8.59. The summed E-state index contributed by atoms with van der Waals surface area (Å²) >= 11 is 1.96. The van der Waals surface area contributed by atoms with E-state index in [9.17, 15) is 0 Å². The zero-order valence-electron chi connectivity index (χ0n) is 9.92. The van der Waals surface area contributed by atoms with Gasteiger partial charge in [0.15, 0.2) is 0 Å². The van der Waals surface area contributed by atoms with E-state index in [2.05, 4.69) is 50.4 Å². The van der Waals surface area contributed by atoms with Gasteiger partial charge in [-0.2, -0.15) is 0 Å². The second-order valence-corrected chi connectivity index (χ2v) is 5.38. The second kappa shape index (κ2) is 6.91. The largest absolute Gasteiger partial charge is 0.316 e. The van der Waals surface area contributed by atoms with Gasteiger partial charge in [-0.15, -0.1) is 11.8 Å². The third-order valence-electron chi connectivity index (χ3n) is 2.28. The quantitative estimate of drug-likeness (QED) is 0.585. The molecule has 15 heavy (non-hydrogen) atoms. The maximum atomic E-state index is 3.45. The van der Waals surface area contributed by atoms with Crippen molar-refractivity contribution in [2.24, 2.45) is 0 Å². The normalized spacial score (nSPS) is 12.7. The molecule has 0 aliphatic rings. The first kappa shape index (κ1) is 12.6. The highest BCUT2D eigenvalue weighted by Crippen LogP contribution is 2.25. The van der Waals surface area contributed by atoms with Crippen LogP contribution in [-0.2, 0) is 0 Å². The average Bonchev–Trinajstić information content (AvgIpc) is 2.22. The smallest absolute Gasteiger partial charge is 0.0191 e. The van der Waals surface area contributed by atoms with E-state index in [1.807, 2.05) is 11.8 Å². The molecular weight excluding hydrogens is 202 g/mol. The Hall–Kier alpha value is -0.470. The molecule has 0 saturated carbocycles. The van der Waals surface area contributed by atoms with Crippen LogP contribution in [0.1, 0.15) is 25.8 Å². The van der Waals surface area contributed by atoms with Crippen LogP contribution in [0.3, 0.4) is 0 Å². The first-order valence-electron chi connectivity index (χ1n) is 5.67. The van der Waals surface area contributed by atoms with Crippen molar-refractivity contribution in [3.63, 3.8) is 0 Å². The first-order valence-corrected chi connectivity index (χ1v) is 6.55. The van der Waals surface area contributed by atoms with Gasteiger partial charge in [-0.25, -0.2) is 0 Å². The topological polar surface area (TPSA) is 12.0 Å². The van der Waals surface area contributed by atoms with Gasteiger partial charge in [-0.1, -0.05) is 32.0 Å². The summed E-state index contributed by atoms with van der Waals surface area (Å²) in [5, 5.41) is 4.09. The van der Waals surface area contributed by atoms with Crippen molar-refractivity contribution in [2.45, 2.75) is 37.3 Å². The molecule has 0 saturated heterocycles. The lowest BCUT2D eigenvalue weighted by Gasteiger charge is -2.13. The molecule has 0 spiro atoms. The van der Waals surface area contributed by atoms with Crippen molar-refractivity contribution in [3.8, 4) is 0 Å². The van der Waals surface area contributed by atoms with Gasteiger partial charge in [0, 0.05) is 16.7 Å². The maximum Gasteiger partial charge on any atom is 0.0191 e. The van der Waals surface area contributed by atoms with Crippen molar-refractivity contribution >= 4 is 11.8 Å². The molecule has 84 valence electrons. The van der Waals surface area contributed by atoms with Crippen LogP contribution in [0.15, 0.2) is 29.2 Å². The number of nitrogens with one attached hydrogen (secondary N) is 1. The highest BCUT2D eigenvalue weighted by Gasteiger charge is 2.05. The minimum Gasteiger partial charge on any atom is -0.316 e. The van der Waals surface area contributed by atoms with E-state index >= 15 is 0 Å².